The van der Waals surface area contributed by atoms with Gasteiger partial charge in [0.2, 0.25) is 0 Å². The van der Waals surface area contributed by atoms with E-state index in [4.69, 9.17) is 66.1 Å². The molecule has 0 aliphatic carbocycles. The number of aliphatic hydroxyl groups excluding tert-OH is 1. The van der Waals surface area contributed by atoms with Crippen LogP contribution in [0.5, 0.6) is 17.2 Å². The van der Waals surface area contributed by atoms with E-state index >= 15 is 0 Å². The normalized spacial score (nSPS) is 9.69. The second-order valence-electron chi connectivity index (χ2n) is 19.0. The summed E-state index contributed by atoms with van der Waals surface area (Å²) in [5.41, 5.74) is 17.5. The molecule has 3 aromatic heterocycles. The third kappa shape index (κ3) is 33.5. The van der Waals surface area contributed by atoms with Crippen molar-refractivity contribution in [3.05, 3.63) is 229 Å². The third-order valence-electron chi connectivity index (χ3n) is 11.4. The first-order valence-corrected chi connectivity index (χ1v) is 29.5. The number of rotatable bonds is 15. The van der Waals surface area contributed by atoms with Crippen molar-refractivity contribution in [3.63, 3.8) is 0 Å². The number of aromatic nitrogens is 5. The Morgan fingerprint density at radius 2 is 1.11 bits per heavy atom. The number of imidazole rings is 2. The number of halogens is 4. The zero-order valence-electron chi connectivity index (χ0n) is 55.2. The molecule has 0 atom stereocenters. The summed E-state index contributed by atoms with van der Waals surface area (Å²) in [6.45, 7) is 5.72. The van der Waals surface area contributed by atoms with Crippen LogP contribution in [-0.4, -0.2) is 149 Å². The summed E-state index contributed by atoms with van der Waals surface area (Å²) in [5, 5.41) is 70.2. The van der Waals surface area contributed by atoms with Gasteiger partial charge in [0.25, 0.3) is 11.4 Å². The van der Waals surface area contributed by atoms with Crippen molar-refractivity contribution in [3.8, 4) is 17.2 Å². The molecule has 0 saturated heterocycles. The Labute approximate surface area is 660 Å². The molecule has 0 aliphatic rings. The minimum Gasteiger partial charge on any atom is -1.00 e. The molecule has 2 radical (unpaired) electrons. The number of aromatic carboxylic acids is 1. The predicted molar refractivity (Wildman–Crippen MR) is 364 cm³/mol. The molecule has 9 aromatic rings. The van der Waals surface area contributed by atoms with Crippen LogP contribution in [-0.2, 0) is 70.7 Å². The molecule has 9 N–H and O–H groups in total. The summed E-state index contributed by atoms with van der Waals surface area (Å²) in [4.78, 5) is 73.3. The van der Waals surface area contributed by atoms with Crippen molar-refractivity contribution >= 4 is 118 Å². The van der Waals surface area contributed by atoms with Crippen molar-refractivity contribution in [1.29, 1.82) is 0 Å². The number of carbonyl (C=O) groups is 1. The van der Waals surface area contributed by atoms with E-state index in [2.05, 4.69) is 49.1 Å². The summed E-state index contributed by atoms with van der Waals surface area (Å²) >= 11 is 15.0. The third-order valence-corrected chi connectivity index (χ3v) is 13.6. The maximum Gasteiger partial charge on any atom is 1.00 e. The van der Waals surface area contributed by atoms with E-state index in [1.54, 1.807) is 89.1 Å². The van der Waals surface area contributed by atoms with Gasteiger partial charge < -0.3 is 57.8 Å². The van der Waals surface area contributed by atoms with Gasteiger partial charge in [-0.25, -0.2) is 27.9 Å². The molecule has 9 rings (SSSR count). The Morgan fingerprint density at radius 3 is 1.51 bits per heavy atom. The monoisotopic (exact) mass is 1660 g/mol. The molecule has 41 heteroatoms. The smallest absolute Gasteiger partial charge is 1.00 e. The number of aromatic amines is 1. The second-order valence-corrected chi connectivity index (χ2v) is 21.7. The molecule has 3 heterocycles. The summed E-state index contributed by atoms with van der Waals surface area (Å²) in [5.74, 6) is -4.08. The summed E-state index contributed by atoms with van der Waals surface area (Å²) in [7, 11) is 10.1. The zero-order valence-corrected chi connectivity index (χ0v) is 65.9. The number of ether oxygens (including phenoxy) is 3. The van der Waals surface area contributed by atoms with Gasteiger partial charge in [0, 0.05) is 126 Å². The molecule has 99 heavy (non-hydrogen) atoms. The van der Waals surface area contributed by atoms with Crippen LogP contribution in [0.3, 0.4) is 0 Å². The Hall–Kier alpha value is -7.43. The number of nitrogen functional groups attached to an aromatic ring is 3. The van der Waals surface area contributed by atoms with E-state index in [9.17, 15) is 68.5 Å². The van der Waals surface area contributed by atoms with Crippen molar-refractivity contribution in [2.75, 3.05) is 85.9 Å². The maximum atomic E-state index is 13.4. The summed E-state index contributed by atoms with van der Waals surface area (Å²) in [6.07, 6.45) is 10.3. The minimum atomic E-state index is -1.28. The van der Waals surface area contributed by atoms with Crippen LogP contribution in [0.25, 0.3) is 10.2 Å². The molecular weight excluding hydrogens is 1600 g/mol. The van der Waals surface area contributed by atoms with E-state index in [0.717, 1.165) is 62.3 Å². The number of nitrogens with two attached hydrogens (primary N) is 3. The van der Waals surface area contributed by atoms with E-state index in [1.165, 1.54) is 31.1 Å². The molecule has 0 unspecified atom stereocenters. The van der Waals surface area contributed by atoms with Crippen LogP contribution in [0, 0.1) is 98.0 Å². The molecule has 522 valence electrons. The van der Waals surface area contributed by atoms with E-state index in [1.807, 2.05) is 51.0 Å². The number of carboxylic acids is 1. The number of aryl methyl sites for hydroxylation is 2. The Morgan fingerprint density at radius 1 is 0.677 bits per heavy atom. The number of thiazole rings is 1. The fourth-order valence-corrected chi connectivity index (χ4v) is 8.39. The van der Waals surface area contributed by atoms with Crippen LogP contribution in [0.15, 0.2) is 122 Å². The van der Waals surface area contributed by atoms with Crippen LogP contribution < -0.4 is 61.0 Å². The van der Waals surface area contributed by atoms with Gasteiger partial charge in [-0.3, -0.25) is 59.7 Å². The molecule has 0 amide bonds. The molecule has 31 nitrogen and oxygen atoms in total. The zero-order chi connectivity index (χ0) is 72.5. The number of carboxylic acid groups (broad SMARTS) is 1. The van der Waals surface area contributed by atoms with Crippen LogP contribution >= 0.6 is 51.7 Å². The molecule has 0 bridgehead atoms. The average Bonchev–Trinajstić information content (AvgIpc) is 0.955. The van der Waals surface area contributed by atoms with Crippen molar-refractivity contribution in [1.82, 2.24) is 33.9 Å². The SMILES string of the molecule is CN(C)CCO.CN(C)CCOc1cc(N)c([N+](=O)[O-])cc1F.COc1cc([N+](=O)[O-])c([N+](=O)[O-])cc1OC.Cc1[c-]cc([N+](=O)[O-])c(N)c1.Cc1[c-]cc2[nH]c(=S)sc2c1.Nc1cc(F)c(F)cc1[N+](=O)[O-].O=C(O)c1ccc(CBr)cc1.S=C(n1ccnc1)n1ccnc1.[H-].[Na+].[Y].[Y]. The Balaban J connectivity index is -0.00000108. The number of anilines is 3. The fraction of sp³-hybridized carbons (Fsp3) is 0.224. The van der Waals surface area contributed by atoms with Crippen molar-refractivity contribution in [2.45, 2.75) is 19.2 Å². The molecule has 6 aromatic carbocycles. The van der Waals surface area contributed by atoms with Crippen LogP contribution in [0.1, 0.15) is 28.5 Å². The first-order valence-electron chi connectivity index (χ1n) is 26.7. The molecular formula is C58H64BrF3N15NaO16S3Y2-2. The minimum absolute atomic E-state index is 0. The van der Waals surface area contributed by atoms with Gasteiger partial charge in [0.15, 0.2) is 45.5 Å². The molecule has 0 spiro atoms. The number of aliphatic hydroxyl groups is 1. The average molecular weight is 1660 g/mol. The number of alkyl halides is 1. The van der Waals surface area contributed by atoms with Gasteiger partial charge >= 0.3 is 46.9 Å². The van der Waals surface area contributed by atoms with E-state index in [-0.39, 0.29) is 150 Å². The number of fused-ring (bicyclic) bond motifs is 1. The summed E-state index contributed by atoms with van der Waals surface area (Å²) < 4.78 is 58.5. The van der Waals surface area contributed by atoms with Crippen LogP contribution in [0.4, 0.5) is 58.7 Å². The maximum absolute atomic E-state index is 13.4. The number of nitro benzene ring substituents is 5. The Kier molecular flexibility index (Phi) is 45.7. The molecule has 0 saturated carbocycles. The van der Waals surface area contributed by atoms with Gasteiger partial charge in [0.1, 0.15) is 34.6 Å². The standard InChI is InChI=1S/C10H14FN3O3.C8H7BrO2.C8H8N2O6.C8H6NS2.C7H6N4S.C7H7N2O2.C6H4F2N2O2.C4H11NO.Na.2Y.H/c1-13(2)3-4-17-10-6-8(12)9(14(15)16)5-7(10)11;9-5-6-1-3-7(4-2-6)8(10)11;1-15-7-3-5(9(11)12)6(10(13)14)4-8(7)16-2;1-5-2-3-6-7(4-5)11-8(10)9-6;12-7(10-3-1-8-5-10)11-4-2-9-6-11;1-5-2-3-7(9(10)11)6(8)4-5;7-3-1-5(9)6(10(11)12)2-4(3)8;1-5(2)3-4-6;;;;/h5-6H,3-4,12H2,1-2H3;1-4H,5H2,(H,10,11);3-4H,1-2H3;3-4H,1H3,(H,9,10);1-6H;3-4H,8H2,1H3;1-2H,9H2;6H,3-4H2,1-2H3;;;;/q;;;-1;;-1;;;+1;;;-1. The molecule has 0 aliphatic heterocycles. The number of methoxy groups -OCH3 is 2. The Bertz CT molecular complexity index is 4070. The number of nitrogens with one attached hydrogen (secondary N) is 1. The van der Waals surface area contributed by atoms with Gasteiger partial charge in [0.05, 0.1) is 70.3 Å². The molecule has 0 fully saturated rings. The number of nitro groups is 5. The first kappa shape index (κ1) is 93.6. The predicted octanol–water partition coefficient (Wildman–Crippen LogP) is 8.28. The van der Waals surface area contributed by atoms with Gasteiger partial charge in [-0.2, -0.15) is 29.3 Å². The fourth-order valence-electron chi connectivity index (χ4n) is 6.60. The quantitative estimate of drug-likeness (QED) is 0.0107. The van der Waals surface area contributed by atoms with Gasteiger partial charge in [-0.1, -0.05) is 58.2 Å². The van der Waals surface area contributed by atoms with Crippen LogP contribution in [0.2, 0.25) is 0 Å². The largest absolute Gasteiger partial charge is 1.00 e. The van der Waals surface area contributed by atoms with Gasteiger partial charge in [-0.15, -0.1) is 23.5 Å². The number of benzene rings is 6. The van der Waals surface area contributed by atoms with E-state index < -0.39 is 70.8 Å². The topological polar surface area (TPSA) is 437 Å². The van der Waals surface area contributed by atoms with Crippen molar-refractivity contribution < 1.29 is 163 Å². The number of hydrogen-bond donors (Lipinski definition) is 6. The summed E-state index contributed by atoms with van der Waals surface area (Å²) in [6, 6.07) is 24.3. The first-order chi connectivity index (χ1) is 45.2. The number of nitrogens with zero attached hydrogens (tertiary/aromatic N) is 11. The van der Waals surface area contributed by atoms with Crippen molar-refractivity contribution in [2.24, 2.45) is 0 Å². The number of H-pyrrole nitrogens is 1. The number of hydrogen-bond acceptors (Lipinski definition) is 25. The second kappa shape index (κ2) is 48.4. The van der Waals surface area contributed by atoms with Gasteiger partial charge in [-0.05, 0) is 76.0 Å². The number of thiocarbonyl (C=S) groups is 1. The number of likely N-dealkylation sites (N-methyl/N-ethyl adjacent to an activating group) is 2. The van der Waals surface area contributed by atoms with E-state index in [0.29, 0.717) is 29.4 Å².